The Hall–Kier alpha value is -0.0400. The first kappa shape index (κ1) is 20.0. The van der Waals surface area contributed by atoms with Crippen molar-refractivity contribution in [3.63, 3.8) is 0 Å². The summed E-state index contributed by atoms with van der Waals surface area (Å²) in [4.78, 5) is 9.51. The lowest BCUT2D eigenvalue weighted by molar-refractivity contribution is 0.291. The molecule has 1 aliphatic carbocycles. The van der Waals surface area contributed by atoms with Crippen LogP contribution in [0.2, 0.25) is 0 Å². The highest BCUT2D eigenvalue weighted by molar-refractivity contribution is 14.0. The maximum absolute atomic E-state index is 4.51. The molecule has 0 radical (unpaired) electrons. The molecular formula is C17H35IN4. The second-order valence-electron chi connectivity index (χ2n) is 6.62. The van der Waals surface area contributed by atoms with Crippen LogP contribution in [0.15, 0.2) is 4.99 Å². The maximum Gasteiger partial charge on any atom is 0.193 e. The molecule has 4 nitrogen and oxygen atoms in total. The van der Waals surface area contributed by atoms with E-state index in [4.69, 9.17) is 0 Å². The van der Waals surface area contributed by atoms with E-state index in [0.29, 0.717) is 0 Å². The van der Waals surface area contributed by atoms with E-state index < -0.39 is 0 Å². The van der Waals surface area contributed by atoms with E-state index in [9.17, 15) is 0 Å². The van der Waals surface area contributed by atoms with E-state index in [1.165, 1.54) is 51.7 Å². The van der Waals surface area contributed by atoms with Gasteiger partial charge in [0.05, 0.1) is 0 Å². The van der Waals surface area contributed by atoms with Crippen LogP contribution in [-0.2, 0) is 0 Å². The molecule has 2 rings (SSSR count). The van der Waals surface area contributed by atoms with Gasteiger partial charge in [-0.2, -0.15) is 0 Å². The Morgan fingerprint density at radius 1 is 1.14 bits per heavy atom. The first-order chi connectivity index (χ1) is 10.3. The number of nitrogens with zero attached hydrogens (tertiary/aromatic N) is 3. The zero-order valence-corrected chi connectivity index (χ0v) is 17.0. The molecule has 0 amide bonds. The minimum Gasteiger partial charge on any atom is -0.355 e. The van der Waals surface area contributed by atoms with Crippen LogP contribution in [0.25, 0.3) is 0 Å². The Balaban J connectivity index is 0.00000242. The second-order valence-corrected chi connectivity index (χ2v) is 6.62. The van der Waals surface area contributed by atoms with Gasteiger partial charge in [-0.15, -0.1) is 24.0 Å². The minimum absolute atomic E-state index is 0. The number of halogens is 1. The van der Waals surface area contributed by atoms with Crippen molar-refractivity contribution in [3.05, 3.63) is 0 Å². The topological polar surface area (TPSA) is 30.9 Å². The van der Waals surface area contributed by atoms with Crippen molar-refractivity contribution in [2.45, 2.75) is 46.0 Å². The zero-order valence-electron chi connectivity index (χ0n) is 14.7. The van der Waals surface area contributed by atoms with Crippen molar-refractivity contribution in [3.8, 4) is 0 Å². The summed E-state index contributed by atoms with van der Waals surface area (Å²) in [5.41, 5.74) is 0. The molecule has 0 aromatic rings. The van der Waals surface area contributed by atoms with Crippen LogP contribution in [0.1, 0.15) is 46.0 Å². The number of likely N-dealkylation sites (tertiary alicyclic amines) is 1. The molecule has 2 fully saturated rings. The molecule has 1 saturated carbocycles. The quantitative estimate of drug-likeness (QED) is 0.406. The molecule has 2 atom stereocenters. The van der Waals surface area contributed by atoms with E-state index in [-0.39, 0.29) is 24.0 Å². The van der Waals surface area contributed by atoms with Gasteiger partial charge in [-0.3, -0.25) is 4.99 Å². The van der Waals surface area contributed by atoms with Gasteiger partial charge >= 0.3 is 0 Å². The SMILES string of the molecule is CCCN(CC)CCNC(=NC)N1CC2CCCCC2C1.I. The van der Waals surface area contributed by atoms with Gasteiger partial charge < -0.3 is 15.1 Å². The summed E-state index contributed by atoms with van der Waals surface area (Å²) in [6.45, 7) is 11.4. The fourth-order valence-electron chi connectivity index (χ4n) is 3.98. The summed E-state index contributed by atoms with van der Waals surface area (Å²) in [5, 5.41) is 3.58. The third kappa shape index (κ3) is 5.55. The van der Waals surface area contributed by atoms with Crippen molar-refractivity contribution in [1.82, 2.24) is 15.1 Å². The Morgan fingerprint density at radius 2 is 1.77 bits per heavy atom. The lowest BCUT2D eigenvalue weighted by atomic mass is 9.82. The van der Waals surface area contributed by atoms with Crippen LogP contribution in [0.4, 0.5) is 0 Å². The maximum atomic E-state index is 4.51. The van der Waals surface area contributed by atoms with Crippen molar-refractivity contribution in [2.75, 3.05) is 46.3 Å². The van der Waals surface area contributed by atoms with Gasteiger partial charge in [-0.1, -0.05) is 26.7 Å². The molecule has 1 N–H and O–H groups in total. The van der Waals surface area contributed by atoms with Gasteiger partial charge in [-0.25, -0.2) is 0 Å². The Morgan fingerprint density at radius 3 is 2.27 bits per heavy atom. The van der Waals surface area contributed by atoms with Gasteiger partial charge in [0.2, 0.25) is 0 Å². The molecular weight excluding hydrogens is 387 g/mol. The van der Waals surface area contributed by atoms with Crippen molar-refractivity contribution >= 4 is 29.9 Å². The fraction of sp³-hybridized carbons (Fsp3) is 0.941. The van der Waals surface area contributed by atoms with E-state index >= 15 is 0 Å². The van der Waals surface area contributed by atoms with E-state index in [1.807, 2.05) is 7.05 Å². The lowest BCUT2D eigenvalue weighted by Gasteiger charge is -2.24. The molecule has 130 valence electrons. The number of guanidine groups is 1. The summed E-state index contributed by atoms with van der Waals surface area (Å²) in [5.74, 6) is 2.96. The Bertz CT molecular complexity index is 321. The number of hydrogen-bond acceptors (Lipinski definition) is 2. The van der Waals surface area contributed by atoms with Crippen molar-refractivity contribution in [2.24, 2.45) is 16.8 Å². The van der Waals surface area contributed by atoms with Crippen LogP contribution in [0.5, 0.6) is 0 Å². The third-order valence-corrected chi connectivity index (χ3v) is 5.19. The Labute approximate surface area is 154 Å². The number of nitrogens with one attached hydrogen (secondary N) is 1. The third-order valence-electron chi connectivity index (χ3n) is 5.19. The van der Waals surface area contributed by atoms with Gasteiger partial charge in [0.15, 0.2) is 5.96 Å². The van der Waals surface area contributed by atoms with Crippen molar-refractivity contribution < 1.29 is 0 Å². The Kier molecular flexibility index (Phi) is 9.71. The first-order valence-corrected chi connectivity index (χ1v) is 8.96. The molecule has 0 bridgehead atoms. The normalized spacial score (nSPS) is 25.1. The number of likely N-dealkylation sites (N-methyl/N-ethyl adjacent to an activating group) is 1. The summed E-state index contributed by atoms with van der Waals surface area (Å²) < 4.78 is 0. The van der Waals surface area contributed by atoms with Crippen LogP contribution in [0.3, 0.4) is 0 Å². The second kappa shape index (κ2) is 10.7. The molecule has 0 aromatic heterocycles. The minimum atomic E-state index is 0. The summed E-state index contributed by atoms with van der Waals surface area (Å²) in [6, 6.07) is 0. The summed E-state index contributed by atoms with van der Waals surface area (Å²) in [7, 11) is 1.92. The highest BCUT2D eigenvalue weighted by Crippen LogP contribution is 2.35. The van der Waals surface area contributed by atoms with E-state index in [1.54, 1.807) is 0 Å². The average molecular weight is 422 g/mol. The van der Waals surface area contributed by atoms with Gasteiger partial charge in [-0.05, 0) is 44.2 Å². The molecule has 0 spiro atoms. The number of hydrogen-bond donors (Lipinski definition) is 1. The van der Waals surface area contributed by atoms with Crippen LogP contribution in [-0.4, -0.2) is 62.1 Å². The van der Waals surface area contributed by atoms with Crippen LogP contribution >= 0.6 is 24.0 Å². The standard InChI is InChI=1S/C17H34N4.HI/c1-4-11-20(5-2)12-10-19-17(18-3)21-13-15-8-6-7-9-16(15)14-21;/h15-16H,4-14H2,1-3H3,(H,18,19);1H. The van der Waals surface area contributed by atoms with Gasteiger partial charge in [0.1, 0.15) is 0 Å². The molecule has 1 aliphatic heterocycles. The van der Waals surface area contributed by atoms with E-state index in [0.717, 1.165) is 37.4 Å². The largest absolute Gasteiger partial charge is 0.355 e. The summed E-state index contributed by atoms with van der Waals surface area (Å²) >= 11 is 0. The predicted molar refractivity (Wildman–Crippen MR) is 106 cm³/mol. The molecule has 2 aliphatic rings. The van der Waals surface area contributed by atoms with Crippen LogP contribution in [0, 0.1) is 11.8 Å². The highest BCUT2D eigenvalue weighted by atomic mass is 127. The predicted octanol–water partition coefficient (Wildman–Crippen LogP) is 3.03. The van der Waals surface area contributed by atoms with Crippen LogP contribution < -0.4 is 5.32 Å². The molecule has 1 saturated heterocycles. The average Bonchev–Trinajstić information content (AvgIpc) is 2.94. The molecule has 22 heavy (non-hydrogen) atoms. The number of rotatable bonds is 6. The first-order valence-electron chi connectivity index (χ1n) is 8.96. The number of aliphatic imine (C=N–C) groups is 1. The fourth-order valence-corrected chi connectivity index (χ4v) is 3.98. The van der Waals surface area contributed by atoms with Gasteiger partial charge in [0, 0.05) is 33.2 Å². The van der Waals surface area contributed by atoms with Crippen molar-refractivity contribution in [1.29, 1.82) is 0 Å². The summed E-state index contributed by atoms with van der Waals surface area (Å²) in [6.07, 6.45) is 6.96. The molecule has 5 heteroatoms. The molecule has 0 aromatic carbocycles. The monoisotopic (exact) mass is 422 g/mol. The molecule has 1 heterocycles. The smallest absolute Gasteiger partial charge is 0.193 e. The number of fused-ring (bicyclic) bond motifs is 1. The van der Waals surface area contributed by atoms with Gasteiger partial charge in [0.25, 0.3) is 0 Å². The highest BCUT2D eigenvalue weighted by Gasteiger charge is 2.35. The van der Waals surface area contributed by atoms with E-state index in [2.05, 4.69) is 34.0 Å². The molecule has 2 unspecified atom stereocenters. The zero-order chi connectivity index (χ0) is 15.1. The lowest BCUT2D eigenvalue weighted by Crippen LogP contribution is -2.43.